The molecule has 0 aromatic heterocycles. The number of thiocarbonyl (C=S) groups is 1. The predicted octanol–water partition coefficient (Wildman–Crippen LogP) is 5.72. The van der Waals surface area contributed by atoms with E-state index in [1.165, 1.54) is 49.4 Å². The van der Waals surface area contributed by atoms with Gasteiger partial charge in [-0.25, -0.2) is 4.79 Å². The zero-order valence-corrected chi connectivity index (χ0v) is 26.2. The topological polar surface area (TPSA) is 73.9 Å². The summed E-state index contributed by atoms with van der Waals surface area (Å²) in [4.78, 5) is 31.1. The highest BCUT2D eigenvalue weighted by atomic mass is 32.2. The van der Waals surface area contributed by atoms with Crippen molar-refractivity contribution in [1.29, 1.82) is 0 Å². The van der Waals surface area contributed by atoms with Gasteiger partial charge in [-0.15, -0.1) is 11.8 Å². The zero-order valence-electron chi connectivity index (χ0n) is 24.5. The Kier molecular flexibility index (Phi) is 11.6. The number of benzene rings is 1. The number of ether oxygens (including phenoxy) is 1. The summed E-state index contributed by atoms with van der Waals surface area (Å²) in [6, 6.07) is 10.7. The van der Waals surface area contributed by atoms with Crippen molar-refractivity contribution in [3.05, 3.63) is 35.9 Å². The highest BCUT2D eigenvalue weighted by Crippen LogP contribution is 2.29. The number of nitrogens with one attached hydrogen (secondary N) is 2. The second-order valence-electron chi connectivity index (χ2n) is 12.6. The summed E-state index contributed by atoms with van der Waals surface area (Å²) in [5, 5.41) is 6.30. The Balaban J connectivity index is 1.33. The van der Waals surface area contributed by atoms with E-state index in [1.807, 2.05) is 20.8 Å². The van der Waals surface area contributed by atoms with Crippen molar-refractivity contribution in [3.63, 3.8) is 0 Å². The van der Waals surface area contributed by atoms with Crippen molar-refractivity contribution < 1.29 is 14.3 Å². The van der Waals surface area contributed by atoms with Gasteiger partial charge in [-0.3, -0.25) is 14.6 Å². The maximum atomic E-state index is 13.5. The van der Waals surface area contributed by atoms with Crippen molar-refractivity contribution in [2.45, 2.75) is 108 Å². The van der Waals surface area contributed by atoms with Gasteiger partial charge in [0.25, 0.3) is 5.91 Å². The third-order valence-corrected chi connectivity index (χ3v) is 9.75. The molecule has 0 radical (unpaired) electrons. The molecule has 4 rings (SSSR count). The van der Waals surface area contributed by atoms with E-state index >= 15 is 0 Å². The summed E-state index contributed by atoms with van der Waals surface area (Å²) in [5.41, 5.74) is 0.746. The average molecular weight is 589 g/mol. The fourth-order valence-corrected chi connectivity index (χ4v) is 7.42. The number of carbonyl (C=O) groups is 2. The fraction of sp³-hybridized carbons (Fsp3) is 0.710. The zero-order chi connectivity index (χ0) is 28.5. The first-order valence-corrected chi connectivity index (χ1v) is 16.6. The Hall–Kier alpha value is -1.84. The van der Waals surface area contributed by atoms with Crippen molar-refractivity contribution in [2.75, 3.05) is 25.4 Å². The van der Waals surface area contributed by atoms with E-state index < -0.39 is 17.1 Å². The Bertz CT molecular complexity index is 973. The number of hydrogen-bond acceptors (Lipinski definition) is 6. The number of piperidine rings is 1. The molecule has 2 heterocycles. The van der Waals surface area contributed by atoms with E-state index in [-0.39, 0.29) is 11.9 Å². The van der Waals surface area contributed by atoms with Crippen LogP contribution in [0.1, 0.15) is 84.1 Å². The third kappa shape index (κ3) is 9.62. The minimum atomic E-state index is -0.601. The van der Waals surface area contributed by atoms with E-state index in [9.17, 15) is 9.59 Å². The van der Waals surface area contributed by atoms with Gasteiger partial charge in [-0.1, -0.05) is 74.7 Å². The molecule has 1 aromatic carbocycles. The molecular formula is C31H48N4O3S2. The maximum Gasteiger partial charge on any atom is 0.411 e. The molecule has 1 aliphatic carbocycles. The predicted molar refractivity (Wildman–Crippen MR) is 167 cm³/mol. The lowest BCUT2D eigenvalue weighted by molar-refractivity contribution is -0.123. The summed E-state index contributed by atoms with van der Waals surface area (Å²) in [6.45, 7) is 9.08. The molecule has 7 nitrogen and oxygen atoms in total. The lowest BCUT2D eigenvalue weighted by Gasteiger charge is -2.34. The van der Waals surface area contributed by atoms with Gasteiger partial charge in [-0.2, -0.15) is 0 Å². The smallest absolute Gasteiger partial charge is 0.411 e. The van der Waals surface area contributed by atoms with Crippen LogP contribution in [0.3, 0.4) is 0 Å². The lowest BCUT2D eigenvalue weighted by atomic mass is 9.85. The van der Waals surface area contributed by atoms with Gasteiger partial charge >= 0.3 is 6.09 Å². The van der Waals surface area contributed by atoms with Gasteiger partial charge in [0.15, 0.2) is 5.37 Å². The third-order valence-electron chi connectivity index (χ3n) is 8.15. The standard InChI is InChI=1S/C31H48N4O3S2/c1-31(2,3)38-30(37)35-20-21-40-29(35)27(36)33-26(15-14-23-10-6-4-7-11-23)28(39)32-25-16-18-34(19-17-25)22-24-12-8-5-9-13-24/h5,8-9,12-13,23,25-26,29H,4,6-7,10-11,14-22H2,1-3H3,(H,32,39)(H,33,36)/t26-,29+/m1/s1. The SMILES string of the molecule is CC(C)(C)OC(=O)N1CCS[C@H]1C(=O)N[C@H](CCC1CCCCC1)C(=S)NC1CCN(Cc2ccccc2)CC1. The van der Waals surface area contributed by atoms with E-state index in [4.69, 9.17) is 17.0 Å². The average Bonchev–Trinajstić information content (AvgIpc) is 3.43. The van der Waals surface area contributed by atoms with Crippen LogP contribution in [0.4, 0.5) is 4.79 Å². The van der Waals surface area contributed by atoms with Crippen LogP contribution < -0.4 is 10.6 Å². The molecular weight excluding hydrogens is 541 g/mol. The normalized spacial score (nSPS) is 22.1. The van der Waals surface area contributed by atoms with Crippen molar-refractivity contribution >= 4 is 41.0 Å². The summed E-state index contributed by atoms with van der Waals surface area (Å²) in [7, 11) is 0. The molecule has 1 aromatic rings. The van der Waals surface area contributed by atoms with Crippen LogP contribution in [0, 0.1) is 5.92 Å². The molecule has 0 unspecified atom stereocenters. The molecule has 9 heteroatoms. The molecule has 2 saturated heterocycles. The van der Waals surface area contributed by atoms with Crippen LogP contribution in [-0.4, -0.2) is 75.2 Å². The molecule has 1 saturated carbocycles. The summed E-state index contributed by atoms with van der Waals surface area (Å²) in [5.74, 6) is 1.27. The highest BCUT2D eigenvalue weighted by molar-refractivity contribution is 8.00. The minimum absolute atomic E-state index is 0.149. The number of thioether (sulfide) groups is 1. The molecule has 2 N–H and O–H groups in total. The van der Waals surface area contributed by atoms with Crippen molar-refractivity contribution in [2.24, 2.45) is 5.92 Å². The Morgan fingerprint density at radius 2 is 1.75 bits per heavy atom. The van der Waals surface area contributed by atoms with Gasteiger partial charge in [0.1, 0.15) is 5.60 Å². The van der Waals surface area contributed by atoms with Crippen molar-refractivity contribution in [3.8, 4) is 0 Å². The molecule has 0 spiro atoms. The molecule has 2 atom stereocenters. The van der Waals surface area contributed by atoms with Crippen LogP contribution in [0.2, 0.25) is 0 Å². The maximum absolute atomic E-state index is 13.5. The second kappa shape index (κ2) is 14.9. The molecule has 0 bridgehead atoms. The number of nitrogens with zero attached hydrogens (tertiary/aromatic N) is 2. The number of rotatable bonds is 9. The molecule has 2 amide bonds. The number of hydrogen-bond donors (Lipinski definition) is 2. The van der Waals surface area contributed by atoms with Crippen LogP contribution in [-0.2, 0) is 16.1 Å². The van der Waals surface area contributed by atoms with E-state index in [1.54, 1.807) is 4.90 Å². The monoisotopic (exact) mass is 588 g/mol. The summed E-state index contributed by atoms with van der Waals surface area (Å²) in [6.07, 6.45) is 10.00. The molecule has 3 aliphatic rings. The Labute approximate surface area is 250 Å². The van der Waals surface area contributed by atoms with Crippen LogP contribution in [0.15, 0.2) is 30.3 Å². The number of likely N-dealkylation sites (tertiary alicyclic amines) is 1. The second-order valence-corrected chi connectivity index (χ2v) is 14.2. The number of carbonyl (C=O) groups excluding carboxylic acids is 2. The van der Waals surface area contributed by atoms with E-state index in [0.29, 0.717) is 24.3 Å². The van der Waals surface area contributed by atoms with Crippen LogP contribution in [0.5, 0.6) is 0 Å². The minimum Gasteiger partial charge on any atom is -0.444 e. The summed E-state index contributed by atoms with van der Waals surface area (Å²) < 4.78 is 5.58. The Morgan fingerprint density at radius 3 is 2.42 bits per heavy atom. The van der Waals surface area contributed by atoms with E-state index in [0.717, 1.165) is 50.3 Å². The van der Waals surface area contributed by atoms with Crippen molar-refractivity contribution in [1.82, 2.24) is 20.4 Å². The summed E-state index contributed by atoms with van der Waals surface area (Å²) >= 11 is 7.44. The molecule has 40 heavy (non-hydrogen) atoms. The van der Waals surface area contributed by atoms with Gasteiger partial charge in [0.05, 0.1) is 11.0 Å². The molecule has 222 valence electrons. The molecule has 2 aliphatic heterocycles. The first kappa shape index (κ1) is 31.1. The first-order valence-electron chi connectivity index (χ1n) is 15.2. The number of amides is 2. The highest BCUT2D eigenvalue weighted by Gasteiger charge is 2.38. The fourth-order valence-electron chi connectivity index (χ4n) is 5.96. The largest absolute Gasteiger partial charge is 0.444 e. The van der Waals surface area contributed by atoms with Crippen LogP contribution in [0.25, 0.3) is 0 Å². The quantitative estimate of drug-likeness (QED) is 0.357. The van der Waals surface area contributed by atoms with Gasteiger partial charge in [0.2, 0.25) is 0 Å². The van der Waals surface area contributed by atoms with Gasteiger partial charge in [-0.05, 0) is 57.9 Å². The van der Waals surface area contributed by atoms with E-state index in [2.05, 4.69) is 45.9 Å². The molecule has 3 fully saturated rings. The Morgan fingerprint density at radius 1 is 1.05 bits per heavy atom. The van der Waals surface area contributed by atoms with Crippen LogP contribution >= 0.6 is 24.0 Å². The van der Waals surface area contributed by atoms with Gasteiger partial charge in [0, 0.05) is 38.0 Å². The van der Waals surface area contributed by atoms with Gasteiger partial charge < -0.3 is 15.4 Å². The first-order chi connectivity index (χ1) is 19.2. The lowest BCUT2D eigenvalue weighted by Crippen LogP contribution is -2.54.